The summed E-state index contributed by atoms with van der Waals surface area (Å²) >= 11 is 0. The zero-order chi connectivity index (χ0) is 18.7. The molecule has 140 valence electrons. The number of amides is 1. The number of benzene rings is 1. The molecule has 2 fully saturated rings. The highest BCUT2D eigenvalue weighted by molar-refractivity contribution is 5.95. The molecule has 26 heavy (non-hydrogen) atoms. The minimum atomic E-state index is -0.839. The molecule has 0 aliphatic carbocycles. The number of nitro benzene ring substituents is 2. The Labute approximate surface area is 149 Å². The Morgan fingerprint density at radius 1 is 1.12 bits per heavy atom. The van der Waals surface area contributed by atoms with Crippen molar-refractivity contribution in [3.63, 3.8) is 0 Å². The van der Waals surface area contributed by atoms with Gasteiger partial charge in [-0.15, -0.1) is 0 Å². The predicted molar refractivity (Wildman–Crippen MR) is 91.1 cm³/mol. The third-order valence-corrected chi connectivity index (χ3v) is 4.76. The normalized spacial score (nSPS) is 20.9. The van der Waals surface area contributed by atoms with Gasteiger partial charge in [-0.3, -0.25) is 29.9 Å². The molecule has 0 aromatic heterocycles. The van der Waals surface area contributed by atoms with Crippen LogP contribution in [0.2, 0.25) is 0 Å². The second-order valence-corrected chi connectivity index (χ2v) is 6.45. The van der Waals surface area contributed by atoms with Gasteiger partial charge in [0.25, 0.3) is 5.91 Å². The Hall–Kier alpha value is -2.59. The van der Waals surface area contributed by atoms with Gasteiger partial charge in [-0.25, -0.2) is 0 Å². The van der Waals surface area contributed by atoms with Gasteiger partial charge in [-0.2, -0.15) is 0 Å². The van der Waals surface area contributed by atoms with Crippen LogP contribution in [0.1, 0.15) is 23.2 Å². The number of nitro groups is 2. The van der Waals surface area contributed by atoms with Crippen molar-refractivity contribution < 1.29 is 19.4 Å². The van der Waals surface area contributed by atoms with E-state index < -0.39 is 21.2 Å². The third kappa shape index (κ3) is 3.97. The fourth-order valence-corrected chi connectivity index (χ4v) is 3.35. The van der Waals surface area contributed by atoms with E-state index in [9.17, 15) is 25.0 Å². The SMILES string of the molecule is O=C(c1ccc([N+](=O)[O-])c([N+](=O)[O-])c1)N1CCN(CC2CCCO2)CC1. The lowest BCUT2D eigenvalue weighted by Crippen LogP contribution is -2.50. The monoisotopic (exact) mass is 364 g/mol. The molecule has 0 spiro atoms. The van der Waals surface area contributed by atoms with Crippen LogP contribution in [0.4, 0.5) is 11.4 Å². The maximum atomic E-state index is 12.6. The molecule has 2 aliphatic rings. The lowest BCUT2D eigenvalue weighted by Gasteiger charge is -2.35. The van der Waals surface area contributed by atoms with Crippen LogP contribution in [0, 0.1) is 20.2 Å². The first-order chi connectivity index (χ1) is 12.5. The number of carbonyl (C=O) groups is 1. The number of hydrogen-bond donors (Lipinski definition) is 0. The summed E-state index contributed by atoms with van der Waals surface area (Å²) in [4.78, 5) is 36.7. The number of hydrogen-bond acceptors (Lipinski definition) is 7. The van der Waals surface area contributed by atoms with Crippen LogP contribution in [0.3, 0.4) is 0 Å². The highest BCUT2D eigenvalue weighted by atomic mass is 16.6. The van der Waals surface area contributed by atoms with Gasteiger partial charge in [-0.05, 0) is 18.9 Å². The second kappa shape index (κ2) is 7.75. The summed E-state index contributed by atoms with van der Waals surface area (Å²) in [5.74, 6) is -0.347. The zero-order valence-corrected chi connectivity index (χ0v) is 14.2. The Morgan fingerprint density at radius 3 is 2.38 bits per heavy atom. The summed E-state index contributed by atoms with van der Waals surface area (Å²) in [6, 6.07) is 3.27. The highest BCUT2D eigenvalue weighted by Gasteiger charge is 2.29. The quantitative estimate of drug-likeness (QED) is 0.573. The molecule has 10 heteroatoms. The molecule has 0 radical (unpaired) electrons. The van der Waals surface area contributed by atoms with Crippen molar-refractivity contribution >= 4 is 17.3 Å². The first-order valence-corrected chi connectivity index (χ1v) is 8.52. The van der Waals surface area contributed by atoms with Gasteiger partial charge < -0.3 is 9.64 Å². The van der Waals surface area contributed by atoms with Crippen molar-refractivity contribution in [1.82, 2.24) is 9.80 Å². The Bertz CT molecular complexity index is 711. The van der Waals surface area contributed by atoms with Crippen molar-refractivity contribution in [2.24, 2.45) is 0 Å². The number of carbonyl (C=O) groups excluding carboxylic acids is 1. The average Bonchev–Trinajstić information content (AvgIpc) is 3.14. The van der Waals surface area contributed by atoms with E-state index >= 15 is 0 Å². The molecule has 1 amide bonds. The number of nitrogens with zero attached hydrogens (tertiary/aromatic N) is 4. The molecule has 0 N–H and O–H groups in total. The van der Waals surface area contributed by atoms with Gasteiger partial charge in [0, 0.05) is 57.0 Å². The average molecular weight is 364 g/mol. The summed E-state index contributed by atoms with van der Waals surface area (Å²) in [6.07, 6.45) is 2.41. The molecule has 1 unspecified atom stereocenters. The van der Waals surface area contributed by atoms with E-state index in [1.54, 1.807) is 4.90 Å². The van der Waals surface area contributed by atoms with E-state index in [0.29, 0.717) is 26.2 Å². The van der Waals surface area contributed by atoms with E-state index in [-0.39, 0.29) is 17.6 Å². The van der Waals surface area contributed by atoms with E-state index in [1.807, 2.05) is 0 Å². The van der Waals surface area contributed by atoms with Crippen LogP contribution in [0.5, 0.6) is 0 Å². The first kappa shape index (κ1) is 18.2. The van der Waals surface area contributed by atoms with Gasteiger partial charge in [0.2, 0.25) is 0 Å². The molecular formula is C16H20N4O6. The van der Waals surface area contributed by atoms with Crippen LogP contribution in [0.25, 0.3) is 0 Å². The van der Waals surface area contributed by atoms with Crippen LogP contribution >= 0.6 is 0 Å². The fourth-order valence-electron chi connectivity index (χ4n) is 3.35. The molecule has 0 saturated carbocycles. The molecule has 2 saturated heterocycles. The lowest BCUT2D eigenvalue weighted by molar-refractivity contribution is -0.422. The summed E-state index contributed by atoms with van der Waals surface area (Å²) in [5.41, 5.74) is -1.19. The minimum Gasteiger partial charge on any atom is -0.377 e. The fraction of sp³-hybridized carbons (Fsp3) is 0.562. The molecule has 2 heterocycles. The Morgan fingerprint density at radius 2 is 1.81 bits per heavy atom. The molecule has 1 aromatic carbocycles. The predicted octanol–water partition coefficient (Wildman–Crippen LogP) is 1.44. The Kier molecular flexibility index (Phi) is 5.43. The van der Waals surface area contributed by atoms with E-state index in [0.717, 1.165) is 38.1 Å². The van der Waals surface area contributed by atoms with Crippen LogP contribution < -0.4 is 0 Å². The Balaban J connectivity index is 1.63. The molecule has 10 nitrogen and oxygen atoms in total. The topological polar surface area (TPSA) is 119 Å². The van der Waals surface area contributed by atoms with Crippen molar-refractivity contribution in [3.05, 3.63) is 44.0 Å². The maximum absolute atomic E-state index is 12.6. The standard InChI is InChI=1S/C16H20N4O6/c21-16(12-3-4-14(19(22)23)15(10-12)20(24)25)18-7-5-17(6-8-18)11-13-2-1-9-26-13/h3-4,10,13H,1-2,5-9,11H2. The molecule has 1 aromatic rings. The number of ether oxygens (including phenoxy) is 1. The summed E-state index contributed by atoms with van der Waals surface area (Å²) in [6.45, 7) is 4.10. The van der Waals surface area contributed by atoms with Gasteiger partial charge in [0.15, 0.2) is 0 Å². The smallest absolute Gasteiger partial charge is 0.346 e. The molecular weight excluding hydrogens is 344 g/mol. The molecule has 3 rings (SSSR count). The largest absolute Gasteiger partial charge is 0.377 e. The zero-order valence-electron chi connectivity index (χ0n) is 14.2. The third-order valence-electron chi connectivity index (χ3n) is 4.76. The second-order valence-electron chi connectivity index (χ2n) is 6.45. The van der Waals surface area contributed by atoms with Crippen LogP contribution in [-0.2, 0) is 4.74 Å². The summed E-state index contributed by atoms with van der Waals surface area (Å²) in [7, 11) is 0. The maximum Gasteiger partial charge on any atom is 0.346 e. The highest BCUT2D eigenvalue weighted by Crippen LogP contribution is 2.28. The molecule has 1 atom stereocenters. The molecule has 0 bridgehead atoms. The van der Waals surface area contributed by atoms with E-state index in [4.69, 9.17) is 4.74 Å². The van der Waals surface area contributed by atoms with Crippen molar-refractivity contribution in [3.8, 4) is 0 Å². The number of piperazine rings is 1. The van der Waals surface area contributed by atoms with Gasteiger partial charge in [0.05, 0.1) is 16.0 Å². The van der Waals surface area contributed by atoms with E-state index in [2.05, 4.69) is 4.90 Å². The van der Waals surface area contributed by atoms with E-state index in [1.165, 1.54) is 6.07 Å². The van der Waals surface area contributed by atoms with Crippen molar-refractivity contribution in [1.29, 1.82) is 0 Å². The van der Waals surface area contributed by atoms with Crippen LogP contribution in [0.15, 0.2) is 18.2 Å². The van der Waals surface area contributed by atoms with Crippen molar-refractivity contribution in [2.75, 3.05) is 39.3 Å². The van der Waals surface area contributed by atoms with Gasteiger partial charge in [-0.1, -0.05) is 0 Å². The summed E-state index contributed by atoms with van der Waals surface area (Å²) < 4.78 is 5.62. The molecule has 2 aliphatic heterocycles. The van der Waals surface area contributed by atoms with Crippen molar-refractivity contribution in [2.45, 2.75) is 18.9 Å². The lowest BCUT2D eigenvalue weighted by atomic mass is 10.1. The summed E-state index contributed by atoms with van der Waals surface area (Å²) in [5, 5.41) is 21.9. The first-order valence-electron chi connectivity index (χ1n) is 8.52. The van der Waals surface area contributed by atoms with Gasteiger partial charge in [0.1, 0.15) is 0 Å². The van der Waals surface area contributed by atoms with Crippen LogP contribution in [-0.4, -0.2) is 71.0 Å². The van der Waals surface area contributed by atoms with Gasteiger partial charge >= 0.3 is 11.4 Å². The minimum absolute atomic E-state index is 0.0925. The number of rotatable bonds is 5.